The zero-order valence-corrected chi connectivity index (χ0v) is 13.0. The lowest BCUT2D eigenvalue weighted by Gasteiger charge is -2.22. The summed E-state index contributed by atoms with van der Waals surface area (Å²) >= 11 is 6.92. The van der Waals surface area contributed by atoms with Crippen LogP contribution in [0.2, 0.25) is 4.47 Å². The van der Waals surface area contributed by atoms with E-state index < -0.39 is 9.84 Å². The molecule has 8 heteroatoms. The van der Waals surface area contributed by atoms with Gasteiger partial charge in [0.05, 0.1) is 11.5 Å². The van der Waals surface area contributed by atoms with Crippen molar-refractivity contribution in [3.05, 3.63) is 15.5 Å². The van der Waals surface area contributed by atoms with Crippen molar-refractivity contribution in [2.75, 3.05) is 18.8 Å². The van der Waals surface area contributed by atoms with E-state index in [-0.39, 0.29) is 23.9 Å². The summed E-state index contributed by atoms with van der Waals surface area (Å²) in [5.41, 5.74) is 0. The fraction of sp³-hybridized carbons (Fsp3) is 0.700. The molecule has 1 saturated heterocycles. The first-order valence-electron chi connectivity index (χ1n) is 5.56. The van der Waals surface area contributed by atoms with Gasteiger partial charge in [0.1, 0.15) is 0 Å². The largest absolute Gasteiger partial charge is 0.317 e. The van der Waals surface area contributed by atoms with E-state index >= 15 is 0 Å². The zero-order chi connectivity index (χ0) is 12.3. The van der Waals surface area contributed by atoms with Gasteiger partial charge in [0.25, 0.3) is 0 Å². The number of nitrogens with zero attached hydrogens (tertiary/aromatic N) is 1. The van der Waals surface area contributed by atoms with Crippen LogP contribution in [0.15, 0.2) is 6.20 Å². The van der Waals surface area contributed by atoms with Crippen molar-refractivity contribution in [1.29, 1.82) is 0 Å². The average molecular weight is 331 g/mol. The minimum Gasteiger partial charge on any atom is -0.317 e. The molecule has 2 heterocycles. The SMILES string of the molecule is Cl.O=S(=O)(Cc1cnc(Cl)s1)CC1CCNCC1. The topological polar surface area (TPSA) is 59.1 Å². The highest BCUT2D eigenvalue weighted by atomic mass is 35.5. The number of aromatic nitrogens is 1. The molecule has 1 aliphatic heterocycles. The van der Waals surface area contributed by atoms with Gasteiger partial charge in [0.2, 0.25) is 0 Å². The van der Waals surface area contributed by atoms with Crippen LogP contribution in [0.25, 0.3) is 0 Å². The van der Waals surface area contributed by atoms with E-state index in [1.165, 1.54) is 11.3 Å². The number of nitrogens with one attached hydrogen (secondary N) is 1. The summed E-state index contributed by atoms with van der Waals surface area (Å²) in [5.74, 6) is 0.649. The first-order valence-corrected chi connectivity index (χ1v) is 8.58. The third-order valence-corrected chi connectivity index (χ3v) is 5.86. The predicted molar refractivity (Wildman–Crippen MR) is 77.5 cm³/mol. The van der Waals surface area contributed by atoms with Crippen molar-refractivity contribution in [2.45, 2.75) is 18.6 Å². The van der Waals surface area contributed by atoms with Crippen LogP contribution in [0.5, 0.6) is 0 Å². The van der Waals surface area contributed by atoms with Gasteiger partial charge in [0.15, 0.2) is 14.3 Å². The fourth-order valence-corrected chi connectivity index (χ4v) is 5.26. The Bertz CT molecular complexity index is 470. The normalized spacial score (nSPS) is 17.4. The lowest BCUT2D eigenvalue weighted by atomic mass is 10.0. The molecule has 0 aromatic carbocycles. The van der Waals surface area contributed by atoms with Gasteiger partial charge in [-0.05, 0) is 31.8 Å². The Kier molecular flexibility index (Phi) is 6.34. The number of hydrogen-bond donors (Lipinski definition) is 1. The van der Waals surface area contributed by atoms with Gasteiger partial charge in [-0.25, -0.2) is 13.4 Å². The highest BCUT2D eigenvalue weighted by molar-refractivity contribution is 7.90. The second-order valence-electron chi connectivity index (χ2n) is 4.33. The molecular weight excluding hydrogens is 315 g/mol. The Hall–Kier alpha value is 0.120. The minimum atomic E-state index is -3.04. The smallest absolute Gasteiger partial charge is 0.183 e. The van der Waals surface area contributed by atoms with Crippen LogP contribution in [0, 0.1) is 5.92 Å². The van der Waals surface area contributed by atoms with Gasteiger partial charge in [-0.1, -0.05) is 11.6 Å². The molecule has 0 saturated carbocycles. The lowest BCUT2D eigenvalue weighted by molar-refractivity contribution is 0.401. The Morgan fingerprint density at radius 1 is 1.44 bits per heavy atom. The molecule has 4 nitrogen and oxygen atoms in total. The second kappa shape index (κ2) is 7.05. The summed E-state index contributed by atoms with van der Waals surface area (Å²) in [6, 6.07) is 0. The quantitative estimate of drug-likeness (QED) is 0.918. The second-order valence-corrected chi connectivity index (χ2v) is 8.13. The van der Waals surface area contributed by atoms with Gasteiger partial charge in [-0.3, -0.25) is 0 Å². The minimum absolute atomic E-state index is 0. The molecular formula is C10H16Cl2N2O2S2. The first kappa shape index (κ1) is 16.2. The zero-order valence-electron chi connectivity index (χ0n) is 9.76. The summed E-state index contributed by atoms with van der Waals surface area (Å²) in [6.45, 7) is 1.85. The molecule has 1 N–H and O–H groups in total. The molecule has 0 radical (unpaired) electrons. The monoisotopic (exact) mass is 330 g/mol. The number of thiazole rings is 1. The maximum Gasteiger partial charge on any atom is 0.183 e. The van der Waals surface area contributed by atoms with Crippen LogP contribution in [0.3, 0.4) is 0 Å². The maximum atomic E-state index is 12.0. The molecule has 1 aliphatic rings. The Balaban J connectivity index is 0.00000162. The number of rotatable bonds is 4. The molecule has 0 amide bonds. The molecule has 2 rings (SSSR count). The summed E-state index contributed by atoms with van der Waals surface area (Å²) in [7, 11) is -3.04. The van der Waals surface area contributed by atoms with Crippen LogP contribution in [0.1, 0.15) is 17.7 Å². The van der Waals surface area contributed by atoms with E-state index in [4.69, 9.17) is 11.6 Å². The molecule has 0 atom stereocenters. The predicted octanol–water partition coefficient (Wildman–Crippen LogP) is 2.13. The summed E-state index contributed by atoms with van der Waals surface area (Å²) in [5, 5.41) is 3.23. The van der Waals surface area contributed by atoms with Crippen molar-refractivity contribution < 1.29 is 8.42 Å². The van der Waals surface area contributed by atoms with Crippen LogP contribution >= 0.6 is 35.3 Å². The molecule has 1 fully saturated rings. The molecule has 104 valence electrons. The van der Waals surface area contributed by atoms with E-state index in [2.05, 4.69) is 10.3 Å². The molecule has 0 bridgehead atoms. The highest BCUT2D eigenvalue weighted by Crippen LogP contribution is 2.22. The lowest BCUT2D eigenvalue weighted by Crippen LogP contribution is -2.31. The third-order valence-electron chi connectivity index (χ3n) is 2.84. The Morgan fingerprint density at radius 2 is 2.11 bits per heavy atom. The van der Waals surface area contributed by atoms with Crippen molar-refractivity contribution in [3.8, 4) is 0 Å². The van der Waals surface area contributed by atoms with E-state index in [1.54, 1.807) is 6.20 Å². The third kappa shape index (κ3) is 5.01. The van der Waals surface area contributed by atoms with E-state index in [1.807, 2.05) is 0 Å². The van der Waals surface area contributed by atoms with Crippen molar-refractivity contribution in [2.24, 2.45) is 5.92 Å². The van der Waals surface area contributed by atoms with Gasteiger partial charge in [-0.2, -0.15) is 0 Å². The van der Waals surface area contributed by atoms with Crippen LogP contribution in [-0.4, -0.2) is 32.2 Å². The number of hydrogen-bond acceptors (Lipinski definition) is 5. The van der Waals surface area contributed by atoms with Gasteiger partial charge in [-0.15, -0.1) is 23.7 Å². The summed E-state index contributed by atoms with van der Waals surface area (Å²) in [6.07, 6.45) is 3.44. The number of sulfone groups is 1. The molecule has 0 unspecified atom stereocenters. The van der Waals surface area contributed by atoms with Crippen molar-refractivity contribution in [3.63, 3.8) is 0 Å². The molecule has 1 aromatic heterocycles. The van der Waals surface area contributed by atoms with Crippen molar-refractivity contribution >= 4 is 45.2 Å². The van der Waals surface area contributed by atoms with Gasteiger partial charge < -0.3 is 5.32 Å². The van der Waals surface area contributed by atoms with Crippen LogP contribution in [0.4, 0.5) is 0 Å². The fourth-order valence-electron chi connectivity index (χ4n) is 2.03. The summed E-state index contributed by atoms with van der Waals surface area (Å²) < 4.78 is 24.4. The first-order chi connectivity index (χ1) is 8.05. The Labute approximate surface area is 122 Å². The average Bonchev–Trinajstić information content (AvgIpc) is 2.63. The van der Waals surface area contributed by atoms with Crippen LogP contribution < -0.4 is 5.32 Å². The standard InChI is InChI=1S/C10H15ClN2O2S2.ClH/c11-10-13-5-9(16-10)7-17(14,15)6-8-1-3-12-4-2-8;/h5,8,12H,1-4,6-7H2;1H. The van der Waals surface area contributed by atoms with E-state index in [0.29, 0.717) is 10.4 Å². The molecule has 1 aromatic rings. The van der Waals surface area contributed by atoms with Crippen LogP contribution in [-0.2, 0) is 15.6 Å². The van der Waals surface area contributed by atoms with E-state index in [0.717, 1.165) is 30.8 Å². The Morgan fingerprint density at radius 3 is 2.67 bits per heavy atom. The molecule has 18 heavy (non-hydrogen) atoms. The number of halogens is 2. The van der Waals surface area contributed by atoms with E-state index in [9.17, 15) is 8.42 Å². The van der Waals surface area contributed by atoms with Gasteiger partial charge in [0, 0.05) is 11.1 Å². The maximum absolute atomic E-state index is 12.0. The highest BCUT2D eigenvalue weighted by Gasteiger charge is 2.22. The van der Waals surface area contributed by atoms with Crippen molar-refractivity contribution in [1.82, 2.24) is 10.3 Å². The summed E-state index contributed by atoms with van der Waals surface area (Å²) in [4.78, 5) is 4.58. The molecule has 0 spiro atoms. The molecule has 0 aliphatic carbocycles. The number of piperidine rings is 1. The van der Waals surface area contributed by atoms with Gasteiger partial charge >= 0.3 is 0 Å².